The second kappa shape index (κ2) is 10.0. The van der Waals surface area contributed by atoms with Gasteiger partial charge in [0.1, 0.15) is 0 Å². The monoisotopic (exact) mass is 420 g/mol. The highest BCUT2D eigenvalue weighted by Gasteiger charge is 2.52. The van der Waals surface area contributed by atoms with Gasteiger partial charge in [0, 0.05) is 45.2 Å². The number of piperidine rings is 1. The van der Waals surface area contributed by atoms with Gasteiger partial charge in [-0.2, -0.15) is 5.26 Å². The number of nitriles is 1. The Kier molecular flexibility index (Phi) is 6.92. The van der Waals surface area contributed by atoms with Crippen LogP contribution in [0.2, 0.25) is 0 Å². The van der Waals surface area contributed by atoms with Gasteiger partial charge in [-0.3, -0.25) is 14.7 Å². The molecule has 162 valence electrons. The van der Waals surface area contributed by atoms with Gasteiger partial charge in [0.05, 0.1) is 30.9 Å². The summed E-state index contributed by atoms with van der Waals surface area (Å²) in [5.41, 5.74) is 2.91. The van der Waals surface area contributed by atoms with Crippen molar-refractivity contribution in [1.82, 2.24) is 14.8 Å². The summed E-state index contributed by atoms with van der Waals surface area (Å²) in [6, 6.07) is 14.0. The Morgan fingerprint density at radius 3 is 2.65 bits per heavy atom. The summed E-state index contributed by atoms with van der Waals surface area (Å²) in [4.78, 5) is 21.5. The number of hydrogen-bond donors (Lipinski definition) is 0. The number of aromatic nitrogens is 1. The molecular formula is C24H28N4O3. The third-order valence-corrected chi connectivity index (χ3v) is 6.13. The van der Waals surface area contributed by atoms with E-state index in [4.69, 9.17) is 14.7 Å². The average Bonchev–Trinajstić information content (AvgIpc) is 2.81. The average molecular weight is 421 g/mol. The summed E-state index contributed by atoms with van der Waals surface area (Å²) in [6.45, 7) is 3.54. The second-order valence-corrected chi connectivity index (χ2v) is 8.07. The van der Waals surface area contributed by atoms with Crippen molar-refractivity contribution in [3.8, 4) is 6.07 Å². The first-order chi connectivity index (χ1) is 15.2. The number of nitrogens with zero attached hydrogens (tertiary/aromatic N) is 4. The second-order valence-electron chi connectivity index (χ2n) is 8.07. The lowest BCUT2D eigenvalue weighted by atomic mass is 9.86. The van der Waals surface area contributed by atoms with E-state index in [1.165, 1.54) is 0 Å². The maximum absolute atomic E-state index is 13.0. The van der Waals surface area contributed by atoms with Gasteiger partial charge < -0.3 is 14.4 Å². The molecule has 0 radical (unpaired) electrons. The van der Waals surface area contributed by atoms with Gasteiger partial charge in [-0.05, 0) is 48.2 Å². The van der Waals surface area contributed by atoms with Crippen molar-refractivity contribution in [1.29, 1.82) is 5.26 Å². The van der Waals surface area contributed by atoms with Crippen LogP contribution in [-0.2, 0) is 20.8 Å². The predicted molar refractivity (Wildman–Crippen MR) is 115 cm³/mol. The van der Waals surface area contributed by atoms with Gasteiger partial charge in [0.15, 0.2) is 6.10 Å². The van der Waals surface area contributed by atoms with E-state index in [1.54, 1.807) is 19.5 Å². The van der Waals surface area contributed by atoms with Crippen LogP contribution in [0, 0.1) is 11.3 Å². The lowest BCUT2D eigenvalue weighted by Crippen LogP contribution is -2.64. The smallest absolute Gasteiger partial charge is 0.255 e. The van der Waals surface area contributed by atoms with Crippen molar-refractivity contribution >= 4 is 5.91 Å². The SMILES string of the molecule is COCCOC1C(=O)N(C2CCN(Cc3cccc(C#N)c3)CC2)C1c1ccncc1. The summed E-state index contributed by atoms with van der Waals surface area (Å²) in [5.74, 6) is 0.0677. The molecule has 0 N–H and O–H groups in total. The van der Waals surface area contributed by atoms with E-state index in [1.807, 2.05) is 35.2 Å². The molecule has 1 amide bonds. The first-order valence-corrected chi connectivity index (χ1v) is 10.8. The molecule has 2 fully saturated rings. The fraction of sp³-hybridized carbons (Fsp3) is 0.458. The third kappa shape index (κ3) is 4.77. The number of benzene rings is 1. The molecule has 2 aliphatic heterocycles. The van der Waals surface area contributed by atoms with Crippen LogP contribution in [0.4, 0.5) is 0 Å². The van der Waals surface area contributed by atoms with E-state index >= 15 is 0 Å². The number of pyridine rings is 1. The van der Waals surface area contributed by atoms with Crippen LogP contribution >= 0.6 is 0 Å². The first-order valence-electron chi connectivity index (χ1n) is 10.8. The number of hydrogen-bond acceptors (Lipinski definition) is 6. The number of carbonyl (C=O) groups is 1. The fourth-order valence-electron chi connectivity index (χ4n) is 4.56. The standard InChI is InChI=1S/C24H28N4O3/c1-30-13-14-31-23-22(20-5-9-26-10-6-20)28(24(23)29)21-7-11-27(12-8-21)17-19-4-2-3-18(15-19)16-25/h2-6,9-10,15,21-23H,7-8,11-14,17H2,1H3. The molecule has 1 aromatic carbocycles. The van der Waals surface area contributed by atoms with E-state index in [9.17, 15) is 4.79 Å². The van der Waals surface area contributed by atoms with Crippen molar-refractivity contribution < 1.29 is 14.3 Å². The molecule has 0 bridgehead atoms. The number of methoxy groups -OCH3 is 1. The highest BCUT2D eigenvalue weighted by atomic mass is 16.5. The molecule has 2 aliphatic rings. The minimum atomic E-state index is -0.454. The van der Waals surface area contributed by atoms with Gasteiger partial charge in [0.25, 0.3) is 5.91 Å². The van der Waals surface area contributed by atoms with E-state index in [2.05, 4.69) is 22.0 Å². The Labute approximate surface area is 183 Å². The van der Waals surface area contributed by atoms with Crippen LogP contribution in [0.1, 0.15) is 35.6 Å². The predicted octanol–water partition coefficient (Wildman–Crippen LogP) is 2.53. The largest absolute Gasteiger partial charge is 0.382 e. The molecule has 31 heavy (non-hydrogen) atoms. The molecule has 2 aromatic rings. The number of β-lactam (4-membered cyclic amide) rings is 1. The van der Waals surface area contributed by atoms with Crippen molar-refractivity contribution in [2.24, 2.45) is 0 Å². The molecule has 7 nitrogen and oxygen atoms in total. The van der Waals surface area contributed by atoms with Crippen LogP contribution in [0.3, 0.4) is 0 Å². The van der Waals surface area contributed by atoms with Gasteiger partial charge in [-0.15, -0.1) is 0 Å². The van der Waals surface area contributed by atoms with Crippen LogP contribution in [0.15, 0.2) is 48.8 Å². The van der Waals surface area contributed by atoms with Gasteiger partial charge in [-0.1, -0.05) is 12.1 Å². The minimum Gasteiger partial charge on any atom is -0.382 e. The van der Waals surface area contributed by atoms with Crippen LogP contribution < -0.4 is 0 Å². The molecule has 2 unspecified atom stereocenters. The van der Waals surface area contributed by atoms with Gasteiger partial charge >= 0.3 is 0 Å². The third-order valence-electron chi connectivity index (χ3n) is 6.13. The first kappa shape index (κ1) is 21.4. The van der Waals surface area contributed by atoms with Crippen molar-refractivity contribution in [3.63, 3.8) is 0 Å². The lowest BCUT2D eigenvalue weighted by molar-refractivity contribution is -0.184. The number of carbonyl (C=O) groups excluding carboxylic acids is 1. The van der Waals surface area contributed by atoms with E-state index in [0.29, 0.717) is 18.8 Å². The minimum absolute atomic E-state index is 0.0677. The maximum Gasteiger partial charge on any atom is 0.255 e. The topological polar surface area (TPSA) is 78.7 Å². The van der Waals surface area contributed by atoms with Crippen molar-refractivity contribution in [3.05, 3.63) is 65.5 Å². The highest BCUT2D eigenvalue weighted by molar-refractivity contribution is 5.89. The summed E-state index contributed by atoms with van der Waals surface area (Å²) in [6.07, 6.45) is 4.93. The van der Waals surface area contributed by atoms with Gasteiger partial charge in [-0.25, -0.2) is 0 Å². The molecular weight excluding hydrogens is 392 g/mol. The maximum atomic E-state index is 13.0. The molecule has 1 aromatic heterocycles. The molecule has 4 rings (SSSR count). The van der Waals surface area contributed by atoms with Crippen LogP contribution in [0.5, 0.6) is 0 Å². The molecule has 7 heteroatoms. The molecule has 0 spiro atoms. The van der Waals surface area contributed by atoms with Crippen LogP contribution in [-0.4, -0.2) is 66.2 Å². The number of ether oxygens (including phenoxy) is 2. The zero-order valence-electron chi connectivity index (χ0n) is 17.8. The lowest BCUT2D eigenvalue weighted by Gasteiger charge is -2.52. The fourth-order valence-corrected chi connectivity index (χ4v) is 4.56. The molecule has 2 atom stereocenters. The Morgan fingerprint density at radius 2 is 1.94 bits per heavy atom. The van der Waals surface area contributed by atoms with Crippen LogP contribution in [0.25, 0.3) is 0 Å². The Morgan fingerprint density at radius 1 is 1.16 bits per heavy atom. The highest BCUT2D eigenvalue weighted by Crippen LogP contribution is 2.40. The molecule has 3 heterocycles. The Bertz CT molecular complexity index is 922. The quantitative estimate of drug-likeness (QED) is 0.482. The van der Waals surface area contributed by atoms with Gasteiger partial charge in [0.2, 0.25) is 0 Å². The summed E-state index contributed by atoms with van der Waals surface area (Å²) < 4.78 is 10.9. The zero-order chi connectivity index (χ0) is 21.6. The number of likely N-dealkylation sites (tertiary alicyclic amines) is 2. The van der Waals surface area contributed by atoms with Crippen molar-refractivity contribution in [2.75, 3.05) is 33.4 Å². The summed E-state index contributed by atoms with van der Waals surface area (Å²) >= 11 is 0. The number of amides is 1. The Hall–Kier alpha value is -2.79. The number of rotatable bonds is 8. The molecule has 2 saturated heterocycles. The molecule has 0 aliphatic carbocycles. The Balaban J connectivity index is 1.39. The normalized spacial score (nSPS) is 22.2. The van der Waals surface area contributed by atoms with E-state index in [0.717, 1.165) is 43.6 Å². The van der Waals surface area contributed by atoms with E-state index < -0.39 is 6.10 Å². The summed E-state index contributed by atoms with van der Waals surface area (Å²) in [7, 11) is 1.63. The van der Waals surface area contributed by atoms with Crippen molar-refractivity contribution in [2.45, 2.75) is 37.6 Å². The zero-order valence-corrected chi connectivity index (χ0v) is 17.8. The molecule has 0 saturated carbocycles. The van der Waals surface area contributed by atoms with E-state index in [-0.39, 0.29) is 18.0 Å². The summed E-state index contributed by atoms with van der Waals surface area (Å²) in [5, 5.41) is 9.11.